The van der Waals surface area contributed by atoms with Crippen molar-refractivity contribution < 1.29 is 24.8 Å². The molecule has 0 bridgehead atoms. The third-order valence-electron chi connectivity index (χ3n) is 7.09. The van der Waals surface area contributed by atoms with Crippen molar-refractivity contribution in [2.24, 2.45) is 22.1 Å². The van der Waals surface area contributed by atoms with Gasteiger partial charge in [-0.3, -0.25) is 9.13 Å². The first kappa shape index (κ1) is 30.3. The molecule has 2 fully saturated rings. The van der Waals surface area contributed by atoms with Crippen LogP contribution in [-0.2, 0) is 9.47 Å². The van der Waals surface area contributed by atoms with Crippen LogP contribution < -0.4 is 22.8 Å². The molecular weight excluding hydrogens is 532 g/mol. The van der Waals surface area contributed by atoms with Gasteiger partial charge < -0.3 is 36.3 Å². The Kier molecular flexibility index (Phi) is 9.01. The molecule has 2 aliphatic rings. The average Bonchev–Trinajstić information content (AvgIpc) is 3.31. The van der Waals surface area contributed by atoms with Crippen LogP contribution in [0.2, 0.25) is 0 Å². The van der Waals surface area contributed by atoms with E-state index in [9.17, 15) is 24.9 Å². The number of hydrogen-bond acceptors (Lipinski definition) is 13. The van der Waals surface area contributed by atoms with Crippen molar-refractivity contribution in [2.75, 3.05) is 18.1 Å². The van der Waals surface area contributed by atoms with Crippen molar-refractivity contribution in [1.29, 1.82) is 0 Å². The number of ether oxygens (including phenoxy) is 2. The second kappa shape index (κ2) is 11.9. The smallest absolute Gasteiger partial charge is 0.351 e. The number of azide groups is 2. The molecule has 0 spiro atoms. The fraction of sp³-hybridized carbons (Fsp3) is 0.619. The quantitative estimate of drug-likeness (QED) is 0.179. The number of nitrogens with zero attached hydrogens (tertiary/aromatic N) is 10. The monoisotopic (exact) mass is 562 g/mol. The molecule has 216 valence electrons. The van der Waals surface area contributed by atoms with Crippen molar-refractivity contribution in [3.8, 4) is 0 Å². The predicted molar refractivity (Wildman–Crippen MR) is 138 cm³/mol. The van der Waals surface area contributed by atoms with E-state index >= 15 is 0 Å². The molecule has 40 heavy (non-hydrogen) atoms. The van der Waals surface area contributed by atoms with Crippen LogP contribution in [0.4, 0.5) is 11.6 Å². The Morgan fingerprint density at radius 2 is 1.45 bits per heavy atom. The normalized spacial score (nSPS) is 32.9. The molecule has 7 N–H and O–H groups in total. The summed E-state index contributed by atoms with van der Waals surface area (Å²) in [7, 11) is 0. The van der Waals surface area contributed by atoms with Crippen LogP contribution >= 0.6 is 0 Å². The zero-order valence-corrected chi connectivity index (χ0v) is 21.8. The van der Waals surface area contributed by atoms with Gasteiger partial charge in [0.1, 0.15) is 30.1 Å². The highest BCUT2D eigenvalue weighted by atomic mass is 16.6. The van der Waals surface area contributed by atoms with Gasteiger partial charge in [0.25, 0.3) is 0 Å². The minimum Gasteiger partial charge on any atom is -0.393 e. The molecule has 2 aromatic rings. The van der Waals surface area contributed by atoms with Crippen molar-refractivity contribution in [3.63, 3.8) is 0 Å². The Labute approximate surface area is 225 Å². The van der Waals surface area contributed by atoms with Gasteiger partial charge >= 0.3 is 11.4 Å². The maximum Gasteiger partial charge on any atom is 0.351 e. The van der Waals surface area contributed by atoms with Gasteiger partial charge in [0.15, 0.2) is 12.0 Å². The number of anilines is 2. The summed E-state index contributed by atoms with van der Waals surface area (Å²) in [4.78, 5) is 36.1. The predicted octanol–water partition coefficient (Wildman–Crippen LogP) is 0.118. The van der Waals surface area contributed by atoms with Crippen LogP contribution in [0.3, 0.4) is 0 Å². The van der Waals surface area contributed by atoms with Crippen molar-refractivity contribution in [2.45, 2.75) is 63.3 Å². The SMILES string of the molecule is CC[C@@]1(N=[N+]=[N-])O[C@@H](n2ccc(N)nc2=O)[C@@H](C)[C@@H]1C.[N-]=[N+]=N[C@]1(CO)O[C@@H](n2ccc(N)nc2=O)[C@@H](O)[C@@H]1O. The first-order chi connectivity index (χ1) is 18.9. The summed E-state index contributed by atoms with van der Waals surface area (Å²) in [5.41, 5.74) is 23.7. The van der Waals surface area contributed by atoms with Crippen LogP contribution in [0, 0.1) is 11.8 Å². The highest BCUT2D eigenvalue weighted by Gasteiger charge is 2.55. The average molecular weight is 563 g/mol. The largest absolute Gasteiger partial charge is 0.393 e. The lowest BCUT2D eigenvalue weighted by atomic mass is 9.87. The number of nitrogens with two attached hydrogens (primary N) is 2. The molecule has 2 aliphatic heterocycles. The van der Waals surface area contributed by atoms with Crippen molar-refractivity contribution in [1.82, 2.24) is 19.1 Å². The van der Waals surface area contributed by atoms with E-state index in [-0.39, 0.29) is 23.5 Å². The van der Waals surface area contributed by atoms with E-state index in [4.69, 9.17) is 32.0 Å². The van der Waals surface area contributed by atoms with E-state index in [0.29, 0.717) is 6.42 Å². The second-order valence-electron chi connectivity index (χ2n) is 9.26. The van der Waals surface area contributed by atoms with Gasteiger partial charge in [0, 0.05) is 28.1 Å². The lowest BCUT2D eigenvalue weighted by molar-refractivity contribution is -0.125. The Morgan fingerprint density at radius 3 is 1.90 bits per heavy atom. The molecule has 2 aromatic heterocycles. The zero-order valence-electron chi connectivity index (χ0n) is 21.8. The molecule has 0 saturated carbocycles. The fourth-order valence-electron chi connectivity index (χ4n) is 4.61. The van der Waals surface area contributed by atoms with Gasteiger partial charge in [-0.15, -0.1) is 0 Å². The van der Waals surface area contributed by atoms with Crippen LogP contribution in [0.1, 0.15) is 39.6 Å². The number of rotatable bonds is 6. The lowest BCUT2D eigenvalue weighted by Gasteiger charge is -2.26. The van der Waals surface area contributed by atoms with E-state index in [2.05, 4.69) is 30.0 Å². The van der Waals surface area contributed by atoms with E-state index in [1.165, 1.54) is 16.8 Å². The fourth-order valence-corrected chi connectivity index (χ4v) is 4.61. The third kappa shape index (κ3) is 5.43. The Hall–Kier alpha value is -4.22. The van der Waals surface area contributed by atoms with E-state index in [0.717, 1.165) is 4.57 Å². The summed E-state index contributed by atoms with van der Waals surface area (Å²) in [5, 5.41) is 36.0. The van der Waals surface area contributed by atoms with Gasteiger partial charge in [0.05, 0.1) is 6.61 Å². The first-order valence-corrected chi connectivity index (χ1v) is 12.0. The van der Waals surface area contributed by atoms with Crippen LogP contribution in [-0.4, -0.2) is 64.7 Å². The number of nitrogen functional groups attached to an aromatic ring is 2. The Bertz CT molecular complexity index is 1330. The third-order valence-corrected chi connectivity index (χ3v) is 7.09. The lowest BCUT2D eigenvalue weighted by Crippen LogP contribution is -2.44. The molecule has 0 aromatic carbocycles. The highest BCUT2D eigenvalue weighted by molar-refractivity contribution is 5.24. The van der Waals surface area contributed by atoms with Gasteiger partial charge in [-0.25, -0.2) is 9.59 Å². The van der Waals surface area contributed by atoms with E-state index < -0.39 is 54.1 Å². The molecule has 4 rings (SSSR count). The minimum atomic E-state index is -2.07. The standard InChI is InChI=1S/C12H18N6O2.C9H12N6O5/c1-4-12(16-17-14)8(3)7(2)10(20-12)18-6-5-9(13)15-11(18)19;10-4-1-2-15(8(19)12-4)7-5(17)6(18)9(3-16,20-7)13-14-11/h5-8,10H,4H2,1-3H3,(H2,13,15,19);1-2,5-7,16-18H,3H2,(H2,10,12,19)/t7-,8-,10+,12+;5-,6-,7+,9+/m00/s1. The van der Waals surface area contributed by atoms with Crippen LogP contribution in [0.15, 0.2) is 44.3 Å². The molecule has 0 aliphatic carbocycles. The number of aromatic nitrogens is 4. The summed E-state index contributed by atoms with van der Waals surface area (Å²) in [6, 6.07) is 2.83. The molecule has 19 nitrogen and oxygen atoms in total. The molecule has 19 heteroatoms. The van der Waals surface area contributed by atoms with Crippen molar-refractivity contribution in [3.05, 3.63) is 66.4 Å². The topological polar surface area (TPSA) is 298 Å². The summed E-state index contributed by atoms with van der Waals surface area (Å²) in [5.74, 6) is 0.130. The maximum absolute atomic E-state index is 11.9. The molecule has 8 atom stereocenters. The number of aliphatic hydroxyl groups excluding tert-OH is 3. The van der Waals surface area contributed by atoms with E-state index in [1.54, 1.807) is 12.3 Å². The minimum absolute atomic E-state index is 0.00331. The van der Waals surface area contributed by atoms with Crippen molar-refractivity contribution >= 4 is 11.6 Å². The van der Waals surface area contributed by atoms with E-state index in [1.807, 2.05) is 20.8 Å². The van der Waals surface area contributed by atoms with Gasteiger partial charge in [-0.1, -0.05) is 31.0 Å². The van der Waals surface area contributed by atoms with Gasteiger partial charge in [-0.05, 0) is 35.5 Å². The van der Waals surface area contributed by atoms with Crippen LogP contribution in [0.25, 0.3) is 20.9 Å². The summed E-state index contributed by atoms with van der Waals surface area (Å²) in [6.07, 6.45) is -1.90. The highest BCUT2D eigenvalue weighted by Crippen LogP contribution is 2.47. The summed E-state index contributed by atoms with van der Waals surface area (Å²) >= 11 is 0. The Morgan fingerprint density at radius 1 is 0.975 bits per heavy atom. The number of aliphatic hydroxyl groups is 3. The van der Waals surface area contributed by atoms with Crippen LogP contribution in [0.5, 0.6) is 0 Å². The zero-order chi connectivity index (χ0) is 29.8. The number of hydrogen-bond donors (Lipinski definition) is 5. The second-order valence-corrected chi connectivity index (χ2v) is 9.26. The molecule has 2 saturated heterocycles. The molecule has 0 radical (unpaired) electrons. The first-order valence-electron chi connectivity index (χ1n) is 12.0. The summed E-state index contributed by atoms with van der Waals surface area (Å²) in [6.45, 7) is 4.94. The molecule has 0 unspecified atom stereocenters. The molecule has 0 amide bonds. The molecule has 4 heterocycles. The van der Waals surface area contributed by atoms with Gasteiger partial charge in [0.2, 0.25) is 5.72 Å². The Balaban J connectivity index is 0.000000220. The molecular formula is C21H30N12O7. The maximum atomic E-state index is 11.9. The summed E-state index contributed by atoms with van der Waals surface area (Å²) < 4.78 is 13.4. The van der Waals surface area contributed by atoms with Gasteiger partial charge in [-0.2, -0.15) is 9.97 Å².